The Bertz CT molecular complexity index is 514. The van der Waals surface area contributed by atoms with E-state index in [4.69, 9.17) is 0 Å². The van der Waals surface area contributed by atoms with Crippen molar-refractivity contribution < 1.29 is 22.9 Å². The summed E-state index contributed by atoms with van der Waals surface area (Å²) in [4.78, 5) is 21.3. The third-order valence-electron chi connectivity index (χ3n) is 3.40. The first-order chi connectivity index (χ1) is 9.68. The normalized spacial score (nSPS) is 14.8. The zero-order valence-corrected chi connectivity index (χ0v) is 11.6. The summed E-state index contributed by atoms with van der Waals surface area (Å²) in [5, 5.41) is 10.8. The molecular weight excluding hydrogens is 287 g/mol. The fourth-order valence-electron chi connectivity index (χ4n) is 2.38. The van der Waals surface area contributed by atoms with E-state index in [-0.39, 0.29) is 11.5 Å². The first-order valence-corrected chi connectivity index (χ1v) is 6.41. The molecule has 1 aromatic carbocycles. The SMILES string of the molecule is CC(C)[C@H](C=O)[C@@H](C[N+](=O)[O-])c1ccccc1C(F)(F)F. The molecule has 0 bridgehead atoms. The third kappa shape index (κ3) is 4.27. The van der Waals surface area contributed by atoms with Crippen molar-refractivity contribution in [3.63, 3.8) is 0 Å². The van der Waals surface area contributed by atoms with Crippen LogP contribution in [0.5, 0.6) is 0 Å². The highest BCUT2D eigenvalue weighted by Gasteiger charge is 2.39. The average molecular weight is 303 g/mol. The molecule has 0 fully saturated rings. The van der Waals surface area contributed by atoms with Crippen molar-refractivity contribution in [2.45, 2.75) is 25.9 Å². The first-order valence-electron chi connectivity index (χ1n) is 6.41. The van der Waals surface area contributed by atoms with Gasteiger partial charge in [-0.15, -0.1) is 0 Å². The van der Waals surface area contributed by atoms with E-state index in [0.29, 0.717) is 6.29 Å². The smallest absolute Gasteiger partial charge is 0.303 e. The van der Waals surface area contributed by atoms with Crippen molar-refractivity contribution in [3.05, 3.63) is 45.5 Å². The molecule has 0 spiro atoms. The first kappa shape index (κ1) is 17.1. The van der Waals surface area contributed by atoms with Crippen molar-refractivity contribution >= 4 is 6.29 Å². The number of nitrogens with zero attached hydrogens (tertiary/aromatic N) is 1. The van der Waals surface area contributed by atoms with E-state index in [1.807, 2.05) is 0 Å². The van der Waals surface area contributed by atoms with Gasteiger partial charge in [0.15, 0.2) is 0 Å². The zero-order valence-electron chi connectivity index (χ0n) is 11.6. The molecule has 0 aliphatic carbocycles. The molecule has 0 saturated carbocycles. The summed E-state index contributed by atoms with van der Waals surface area (Å²) in [6.45, 7) is 2.60. The lowest BCUT2D eigenvalue weighted by atomic mass is 9.78. The van der Waals surface area contributed by atoms with Crippen LogP contribution in [-0.2, 0) is 11.0 Å². The predicted octanol–water partition coefficient (Wildman–Crippen LogP) is 3.54. The van der Waals surface area contributed by atoms with E-state index in [2.05, 4.69) is 0 Å². The van der Waals surface area contributed by atoms with Crippen LogP contribution in [-0.4, -0.2) is 17.8 Å². The Morgan fingerprint density at radius 3 is 2.29 bits per heavy atom. The summed E-state index contributed by atoms with van der Waals surface area (Å²) in [5.74, 6) is -2.25. The molecule has 1 rings (SSSR count). The quantitative estimate of drug-likeness (QED) is 0.459. The van der Waals surface area contributed by atoms with Gasteiger partial charge in [0, 0.05) is 10.8 Å². The molecule has 4 nitrogen and oxygen atoms in total. The highest BCUT2D eigenvalue weighted by atomic mass is 19.4. The molecule has 2 atom stereocenters. The second-order valence-corrected chi connectivity index (χ2v) is 5.16. The Labute approximate surface area is 120 Å². The maximum absolute atomic E-state index is 13.1. The van der Waals surface area contributed by atoms with Gasteiger partial charge in [0.2, 0.25) is 6.54 Å². The van der Waals surface area contributed by atoms with E-state index >= 15 is 0 Å². The number of halogens is 3. The molecule has 0 aromatic heterocycles. The monoisotopic (exact) mass is 303 g/mol. The van der Waals surface area contributed by atoms with Crippen LogP contribution in [0.25, 0.3) is 0 Å². The Hall–Kier alpha value is -1.92. The van der Waals surface area contributed by atoms with Crippen LogP contribution in [0.1, 0.15) is 30.9 Å². The Morgan fingerprint density at radius 1 is 1.29 bits per heavy atom. The number of alkyl halides is 3. The minimum absolute atomic E-state index is 0.201. The van der Waals surface area contributed by atoms with E-state index in [1.54, 1.807) is 13.8 Å². The highest BCUT2D eigenvalue weighted by molar-refractivity contribution is 5.57. The average Bonchev–Trinajstić information content (AvgIpc) is 2.36. The molecule has 116 valence electrons. The van der Waals surface area contributed by atoms with Crippen molar-refractivity contribution in [1.29, 1.82) is 0 Å². The molecule has 21 heavy (non-hydrogen) atoms. The molecule has 0 saturated heterocycles. The number of nitro groups is 1. The van der Waals surface area contributed by atoms with E-state index in [0.717, 1.165) is 6.07 Å². The van der Waals surface area contributed by atoms with Gasteiger partial charge >= 0.3 is 6.18 Å². The van der Waals surface area contributed by atoms with Crippen LogP contribution in [0, 0.1) is 22.0 Å². The molecule has 0 aliphatic rings. The van der Waals surface area contributed by atoms with Gasteiger partial charge in [-0.1, -0.05) is 32.0 Å². The second kappa shape index (κ2) is 6.69. The van der Waals surface area contributed by atoms with Crippen LogP contribution >= 0.6 is 0 Å². The summed E-state index contributed by atoms with van der Waals surface area (Å²) >= 11 is 0. The van der Waals surface area contributed by atoms with Crippen molar-refractivity contribution in [3.8, 4) is 0 Å². The summed E-state index contributed by atoms with van der Waals surface area (Å²) in [5.41, 5.74) is -1.13. The number of benzene rings is 1. The van der Waals surface area contributed by atoms with Gasteiger partial charge < -0.3 is 4.79 Å². The Balaban J connectivity index is 3.39. The standard InChI is InChI=1S/C14H16F3NO3/c1-9(2)12(8-19)11(7-18(20)21)10-5-3-4-6-13(10)14(15,16)17/h3-6,8-9,11-12H,7H2,1-2H3/t11-,12-/m0/s1. The molecule has 0 N–H and O–H groups in total. The maximum atomic E-state index is 13.1. The van der Waals surface area contributed by atoms with Gasteiger partial charge in [-0.25, -0.2) is 0 Å². The van der Waals surface area contributed by atoms with Crippen molar-refractivity contribution in [2.75, 3.05) is 6.54 Å². The van der Waals surface area contributed by atoms with Gasteiger partial charge in [-0.2, -0.15) is 13.2 Å². The number of hydrogen-bond acceptors (Lipinski definition) is 3. The Morgan fingerprint density at radius 2 is 1.86 bits per heavy atom. The lowest BCUT2D eigenvalue weighted by Crippen LogP contribution is -2.28. The van der Waals surface area contributed by atoms with Crippen LogP contribution in [0.4, 0.5) is 13.2 Å². The molecule has 0 unspecified atom stereocenters. The second-order valence-electron chi connectivity index (χ2n) is 5.16. The van der Waals surface area contributed by atoms with Crippen LogP contribution in [0.15, 0.2) is 24.3 Å². The van der Waals surface area contributed by atoms with Gasteiger partial charge in [-0.05, 0) is 17.5 Å². The van der Waals surface area contributed by atoms with E-state index < -0.39 is 35.0 Å². The molecule has 0 amide bonds. The summed E-state index contributed by atoms with van der Waals surface area (Å²) in [6.07, 6.45) is -4.11. The minimum atomic E-state index is -4.62. The van der Waals surface area contributed by atoms with Gasteiger partial charge in [0.1, 0.15) is 6.29 Å². The molecule has 0 radical (unpaired) electrons. The molecule has 0 heterocycles. The number of rotatable bonds is 6. The fraction of sp³-hybridized carbons (Fsp3) is 0.500. The number of hydrogen-bond donors (Lipinski definition) is 0. The number of carbonyl (C=O) groups excluding carboxylic acids is 1. The van der Waals surface area contributed by atoms with Gasteiger partial charge in [-0.3, -0.25) is 10.1 Å². The fourth-order valence-corrected chi connectivity index (χ4v) is 2.38. The largest absolute Gasteiger partial charge is 0.416 e. The van der Waals surface area contributed by atoms with Crippen LogP contribution in [0.3, 0.4) is 0 Å². The van der Waals surface area contributed by atoms with E-state index in [9.17, 15) is 28.1 Å². The van der Waals surface area contributed by atoms with E-state index in [1.165, 1.54) is 18.2 Å². The van der Waals surface area contributed by atoms with Crippen LogP contribution < -0.4 is 0 Å². The zero-order chi connectivity index (χ0) is 16.2. The highest BCUT2D eigenvalue weighted by Crippen LogP contribution is 2.38. The van der Waals surface area contributed by atoms with Gasteiger partial charge in [0.05, 0.1) is 11.5 Å². The molecule has 1 aromatic rings. The summed E-state index contributed by atoms with van der Waals surface area (Å²) < 4.78 is 39.2. The lowest BCUT2D eigenvalue weighted by molar-refractivity contribution is -0.484. The van der Waals surface area contributed by atoms with Gasteiger partial charge in [0.25, 0.3) is 0 Å². The third-order valence-corrected chi connectivity index (χ3v) is 3.40. The maximum Gasteiger partial charge on any atom is 0.416 e. The summed E-state index contributed by atoms with van der Waals surface area (Å²) in [7, 11) is 0. The topological polar surface area (TPSA) is 60.2 Å². The molecular formula is C14H16F3NO3. The Kier molecular flexibility index (Phi) is 5.46. The predicted molar refractivity (Wildman–Crippen MR) is 70.4 cm³/mol. The van der Waals surface area contributed by atoms with Crippen molar-refractivity contribution in [1.82, 2.24) is 0 Å². The number of aldehydes is 1. The van der Waals surface area contributed by atoms with Crippen molar-refractivity contribution in [2.24, 2.45) is 11.8 Å². The molecule has 0 aliphatic heterocycles. The minimum Gasteiger partial charge on any atom is -0.303 e. The molecule has 7 heteroatoms. The summed E-state index contributed by atoms with van der Waals surface area (Å²) in [6, 6.07) is 4.70. The number of carbonyl (C=O) groups is 1. The lowest BCUT2D eigenvalue weighted by Gasteiger charge is -2.25. The van der Waals surface area contributed by atoms with Crippen LogP contribution in [0.2, 0.25) is 0 Å².